The van der Waals surface area contributed by atoms with Crippen molar-refractivity contribution in [3.8, 4) is 0 Å². The van der Waals surface area contributed by atoms with Crippen LogP contribution in [-0.4, -0.2) is 49.2 Å². The maximum Gasteiger partial charge on any atom is 0.319 e. The third kappa shape index (κ3) is 1.87. The highest BCUT2D eigenvalue weighted by molar-refractivity contribution is 6.04. The van der Waals surface area contributed by atoms with Gasteiger partial charge in [0.1, 0.15) is 5.41 Å². The summed E-state index contributed by atoms with van der Waals surface area (Å²) < 4.78 is 4.81. The van der Waals surface area contributed by atoms with Crippen molar-refractivity contribution < 1.29 is 19.4 Å². The molecule has 1 aliphatic rings. The molecule has 0 aromatic heterocycles. The van der Waals surface area contributed by atoms with E-state index in [1.165, 1.54) is 4.90 Å². The number of likely N-dealkylation sites (N-methyl/N-ethyl adjacent to an activating group) is 1. The van der Waals surface area contributed by atoms with Crippen LogP contribution in [0.1, 0.15) is 12.8 Å². The number of carboxylic acids is 1. The van der Waals surface area contributed by atoms with Crippen molar-refractivity contribution in [2.24, 2.45) is 5.41 Å². The van der Waals surface area contributed by atoms with E-state index in [9.17, 15) is 9.59 Å². The number of aliphatic carboxylic acids is 1. The lowest BCUT2D eigenvalue weighted by Crippen LogP contribution is -2.39. The fourth-order valence-electron chi connectivity index (χ4n) is 1.34. The molecule has 0 aliphatic heterocycles. The van der Waals surface area contributed by atoms with E-state index >= 15 is 0 Å². The zero-order valence-corrected chi connectivity index (χ0v) is 8.45. The number of amides is 1. The molecule has 1 fully saturated rings. The highest BCUT2D eigenvalue weighted by Crippen LogP contribution is 2.47. The Morgan fingerprint density at radius 1 is 1.50 bits per heavy atom. The van der Waals surface area contributed by atoms with Crippen LogP contribution in [0, 0.1) is 5.41 Å². The molecule has 0 radical (unpaired) electrons. The van der Waals surface area contributed by atoms with E-state index in [4.69, 9.17) is 9.84 Å². The van der Waals surface area contributed by atoms with Crippen molar-refractivity contribution in [2.75, 3.05) is 27.3 Å². The Hall–Kier alpha value is -1.10. The maximum absolute atomic E-state index is 11.7. The Labute approximate surface area is 82.6 Å². The quantitative estimate of drug-likeness (QED) is 0.633. The number of nitrogens with zero attached hydrogens (tertiary/aromatic N) is 1. The number of rotatable bonds is 5. The van der Waals surface area contributed by atoms with Crippen molar-refractivity contribution in [1.29, 1.82) is 0 Å². The second-order valence-electron chi connectivity index (χ2n) is 3.61. The average Bonchev–Trinajstić information content (AvgIpc) is 2.93. The number of methoxy groups -OCH3 is 1. The van der Waals surface area contributed by atoms with Crippen LogP contribution in [0.5, 0.6) is 0 Å². The number of carbonyl (C=O) groups excluding carboxylic acids is 1. The molecule has 1 amide bonds. The Kier molecular flexibility index (Phi) is 3.10. The first-order chi connectivity index (χ1) is 6.54. The molecule has 14 heavy (non-hydrogen) atoms. The summed E-state index contributed by atoms with van der Waals surface area (Å²) >= 11 is 0. The molecule has 0 aromatic rings. The molecular weight excluding hydrogens is 186 g/mol. The molecule has 0 atom stereocenters. The summed E-state index contributed by atoms with van der Waals surface area (Å²) in [6.45, 7) is 0.863. The molecule has 80 valence electrons. The molecule has 0 aromatic carbocycles. The molecule has 5 nitrogen and oxygen atoms in total. The third-order valence-electron chi connectivity index (χ3n) is 2.55. The average molecular weight is 201 g/mol. The first kappa shape index (κ1) is 11.0. The molecule has 0 bridgehead atoms. The summed E-state index contributed by atoms with van der Waals surface area (Å²) in [6, 6.07) is 0. The van der Waals surface area contributed by atoms with Crippen LogP contribution in [0.2, 0.25) is 0 Å². The van der Waals surface area contributed by atoms with Crippen molar-refractivity contribution in [3.05, 3.63) is 0 Å². The normalized spacial score (nSPS) is 17.6. The standard InChI is InChI=1S/C9H15NO4/c1-10(5-6-14-2)7(11)9(3-4-9)8(12)13/h3-6H2,1-2H3,(H,12,13). The van der Waals surface area contributed by atoms with Gasteiger partial charge in [-0.15, -0.1) is 0 Å². The van der Waals surface area contributed by atoms with Crippen LogP contribution >= 0.6 is 0 Å². The lowest BCUT2D eigenvalue weighted by molar-refractivity contribution is -0.153. The van der Waals surface area contributed by atoms with Gasteiger partial charge in [0.05, 0.1) is 6.61 Å². The minimum atomic E-state index is -1.12. The summed E-state index contributed by atoms with van der Waals surface area (Å²) in [5.41, 5.74) is -1.12. The van der Waals surface area contributed by atoms with Crippen LogP contribution in [0.25, 0.3) is 0 Å². The number of hydrogen-bond donors (Lipinski definition) is 1. The van der Waals surface area contributed by atoms with Gasteiger partial charge < -0.3 is 14.7 Å². The number of carboxylic acid groups (broad SMARTS) is 1. The monoisotopic (exact) mass is 201 g/mol. The second kappa shape index (κ2) is 3.96. The highest BCUT2D eigenvalue weighted by atomic mass is 16.5. The number of hydrogen-bond acceptors (Lipinski definition) is 3. The molecule has 0 unspecified atom stereocenters. The van der Waals surface area contributed by atoms with Gasteiger partial charge in [0.2, 0.25) is 5.91 Å². The van der Waals surface area contributed by atoms with Crippen molar-refractivity contribution >= 4 is 11.9 Å². The fourth-order valence-corrected chi connectivity index (χ4v) is 1.34. The molecule has 0 saturated heterocycles. The van der Waals surface area contributed by atoms with E-state index in [1.807, 2.05) is 0 Å². The van der Waals surface area contributed by atoms with Gasteiger partial charge >= 0.3 is 5.97 Å². The van der Waals surface area contributed by atoms with E-state index in [0.29, 0.717) is 26.0 Å². The SMILES string of the molecule is COCCN(C)C(=O)C1(C(=O)O)CC1. The van der Waals surface area contributed by atoms with Crippen LogP contribution in [0.4, 0.5) is 0 Å². The van der Waals surface area contributed by atoms with E-state index < -0.39 is 11.4 Å². The van der Waals surface area contributed by atoms with Crippen molar-refractivity contribution in [2.45, 2.75) is 12.8 Å². The van der Waals surface area contributed by atoms with E-state index in [-0.39, 0.29) is 5.91 Å². The first-order valence-corrected chi connectivity index (χ1v) is 4.52. The zero-order valence-electron chi connectivity index (χ0n) is 8.45. The van der Waals surface area contributed by atoms with E-state index in [2.05, 4.69) is 0 Å². The van der Waals surface area contributed by atoms with E-state index in [0.717, 1.165) is 0 Å². The Bertz CT molecular complexity index is 247. The van der Waals surface area contributed by atoms with Gasteiger partial charge in [0.15, 0.2) is 0 Å². The molecule has 1 rings (SSSR count). The summed E-state index contributed by atoms with van der Waals surface area (Å²) in [5.74, 6) is -1.31. The number of carbonyl (C=O) groups is 2. The minimum Gasteiger partial charge on any atom is -0.480 e. The van der Waals surface area contributed by atoms with Gasteiger partial charge in [0, 0.05) is 20.7 Å². The van der Waals surface area contributed by atoms with Crippen molar-refractivity contribution in [1.82, 2.24) is 4.90 Å². The van der Waals surface area contributed by atoms with Gasteiger partial charge in [-0.3, -0.25) is 9.59 Å². The van der Waals surface area contributed by atoms with Crippen LogP contribution < -0.4 is 0 Å². The van der Waals surface area contributed by atoms with Gasteiger partial charge in [-0.05, 0) is 12.8 Å². The summed E-state index contributed by atoms with van der Waals surface area (Å²) in [6.07, 6.45) is 0.914. The second-order valence-corrected chi connectivity index (χ2v) is 3.61. The summed E-state index contributed by atoms with van der Waals surface area (Å²) in [4.78, 5) is 23.9. The largest absolute Gasteiger partial charge is 0.480 e. The predicted octanol–water partition coefficient (Wildman–Crippen LogP) is -0.0440. The van der Waals surface area contributed by atoms with Crippen molar-refractivity contribution in [3.63, 3.8) is 0 Å². The lowest BCUT2D eigenvalue weighted by atomic mass is 10.1. The minimum absolute atomic E-state index is 0.304. The molecule has 1 N–H and O–H groups in total. The predicted molar refractivity (Wildman–Crippen MR) is 48.8 cm³/mol. The van der Waals surface area contributed by atoms with Gasteiger partial charge in [-0.2, -0.15) is 0 Å². The lowest BCUT2D eigenvalue weighted by Gasteiger charge is -2.20. The summed E-state index contributed by atoms with van der Waals surface area (Å²) in [5, 5.41) is 8.87. The highest BCUT2D eigenvalue weighted by Gasteiger charge is 2.58. The maximum atomic E-state index is 11.7. The molecule has 5 heteroatoms. The fraction of sp³-hybridized carbons (Fsp3) is 0.778. The van der Waals surface area contributed by atoms with Crippen LogP contribution in [0.15, 0.2) is 0 Å². The van der Waals surface area contributed by atoms with Gasteiger partial charge in [-0.25, -0.2) is 0 Å². The Balaban J connectivity index is 2.52. The van der Waals surface area contributed by atoms with Gasteiger partial charge in [0.25, 0.3) is 0 Å². The molecule has 0 heterocycles. The molecule has 0 spiro atoms. The topological polar surface area (TPSA) is 66.8 Å². The third-order valence-corrected chi connectivity index (χ3v) is 2.55. The van der Waals surface area contributed by atoms with Gasteiger partial charge in [-0.1, -0.05) is 0 Å². The van der Waals surface area contributed by atoms with Crippen LogP contribution in [-0.2, 0) is 14.3 Å². The Morgan fingerprint density at radius 3 is 2.43 bits per heavy atom. The Morgan fingerprint density at radius 2 is 2.07 bits per heavy atom. The smallest absolute Gasteiger partial charge is 0.319 e. The summed E-state index contributed by atoms with van der Waals surface area (Å²) in [7, 11) is 3.15. The first-order valence-electron chi connectivity index (χ1n) is 4.52. The number of ether oxygens (including phenoxy) is 1. The molecule has 1 aliphatic carbocycles. The van der Waals surface area contributed by atoms with Crippen LogP contribution in [0.3, 0.4) is 0 Å². The zero-order chi connectivity index (χ0) is 10.8. The van der Waals surface area contributed by atoms with E-state index in [1.54, 1.807) is 14.2 Å². The molecule has 1 saturated carbocycles. The molecular formula is C9H15NO4.